The quantitative estimate of drug-likeness (QED) is 0.136. The molecule has 12 bridgehead atoms. The zero-order valence-electron chi connectivity index (χ0n) is 49.1. The number of rotatable bonds is 0. The second-order valence-electron chi connectivity index (χ2n) is 29.0. The molecule has 0 saturated carbocycles. The van der Waals surface area contributed by atoms with Gasteiger partial charge in [0.05, 0.1) is 33.1 Å². The summed E-state index contributed by atoms with van der Waals surface area (Å²) in [6, 6.07) is 44.1. The van der Waals surface area contributed by atoms with Crippen molar-refractivity contribution in [2.24, 2.45) is 0 Å². The van der Waals surface area contributed by atoms with E-state index in [-0.39, 0.29) is 32.5 Å². The van der Waals surface area contributed by atoms with Crippen LogP contribution in [0, 0.1) is 0 Å². The summed E-state index contributed by atoms with van der Waals surface area (Å²) < 4.78 is 7.60. The van der Waals surface area contributed by atoms with Crippen molar-refractivity contribution >= 4 is 160 Å². The molecule has 0 amide bonds. The highest BCUT2D eigenvalue weighted by Crippen LogP contribution is 2.47. The van der Waals surface area contributed by atoms with E-state index in [1.54, 1.807) is 0 Å². The van der Waals surface area contributed by atoms with E-state index in [9.17, 15) is 0 Å². The summed E-state index contributed by atoms with van der Waals surface area (Å²) in [7, 11) is 0. The van der Waals surface area contributed by atoms with Crippen molar-refractivity contribution in [3.8, 4) is 0 Å². The highest BCUT2D eigenvalue weighted by Gasteiger charge is 2.26. The lowest BCUT2D eigenvalue weighted by molar-refractivity contribution is 0.591. The molecular weight excluding hydrogens is 1000 g/mol. The summed E-state index contributed by atoms with van der Waals surface area (Å²) in [6.45, 7) is 42.4. The Morgan fingerprint density at radius 1 is 0.205 bits per heavy atom. The molecule has 3 nitrogen and oxygen atoms in total. The predicted molar refractivity (Wildman–Crippen MR) is 352 cm³/mol. The number of hydrogen-bond acceptors (Lipinski definition) is 3. The topological polar surface area (TPSA) is 47.4 Å². The van der Waals surface area contributed by atoms with Gasteiger partial charge in [-0.3, -0.25) is 0 Å². The third-order valence-electron chi connectivity index (χ3n) is 17.1. The summed E-state index contributed by atoms with van der Waals surface area (Å²) >= 11 is 5.76. The minimum absolute atomic E-state index is 0.0731. The first-order chi connectivity index (χ1) is 36.4. The van der Waals surface area contributed by atoms with Crippen molar-refractivity contribution in [3.05, 3.63) is 143 Å². The highest BCUT2D eigenvalue weighted by atomic mass is 32.1. The van der Waals surface area contributed by atoms with Crippen LogP contribution >= 0.6 is 34.0 Å². The molecule has 13 rings (SSSR count). The van der Waals surface area contributed by atoms with Crippen LogP contribution in [0.2, 0.25) is 0 Å². The summed E-state index contributed by atoms with van der Waals surface area (Å²) in [4.78, 5) is 12.5. The molecule has 396 valence electrons. The summed E-state index contributed by atoms with van der Waals surface area (Å²) in [5.74, 6) is 0. The van der Waals surface area contributed by atoms with Gasteiger partial charge in [0, 0.05) is 92.8 Å². The van der Waals surface area contributed by atoms with Crippen LogP contribution in [0.15, 0.2) is 109 Å². The molecular formula is C72H75N3S3. The number of hydrogen-bond donors (Lipinski definition) is 3. The van der Waals surface area contributed by atoms with E-state index in [1.807, 2.05) is 34.0 Å². The predicted octanol–water partition coefficient (Wildman–Crippen LogP) is 23.2. The molecule has 6 heteroatoms. The molecule has 0 unspecified atom stereocenters. The van der Waals surface area contributed by atoms with Crippen LogP contribution in [0.25, 0.3) is 126 Å². The van der Waals surface area contributed by atoms with Gasteiger partial charge in [0.15, 0.2) is 0 Å². The highest BCUT2D eigenvalue weighted by molar-refractivity contribution is 7.26. The average Bonchev–Trinajstić information content (AvgIpc) is 4.38. The SMILES string of the molecule is CC(C)(C)c1cc2c3ccc(s3)c3cc(C(C)(C)C)cc4c5cc(C(C)(C)C)cc(c6ccc(s6)c6cc(C(C)(C)C)cc7c8cc(C(C)(C)C)cc(c9ccc(s9)c9cc(C(C)(C)C)cc%10c(c1)c2[nH]c9%10)c8[nH]c67)c5[nH]c34. The molecule has 0 aliphatic carbocycles. The van der Waals surface area contributed by atoms with Gasteiger partial charge >= 0.3 is 0 Å². The number of fused-ring (bicyclic) bond motifs is 15. The molecule has 6 aromatic carbocycles. The van der Waals surface area contributed by atoms with E-state index in [1.165, 1.54) is 159 Å². The van der Waals surface area contributed by atoms with Crippen molar-refractivity contribution in [2.45, 2.75) is 157 Å². The Kier molecular flexibility index (Phi) is 11.0. The maximum Gasteiger partial charge on any atom is 0.0553 e. The van der Waals surface area contributed by atoms with E-state index in [0.29, 0.717) is 0 Å². The fraction of sp³-hybridized carbons (Fsp3) is 0.333. The summed E-state index contributed by atoms with van der Waals surface area (Å²) in [5.41, 5.74) is 14.8. The third-order valence-corrected chi connectivity index (χ3v) is 20.5. The average molecular weight is 1080 g/mol. The molecule has 0 aliphatic rings. The fourth-order valence-electron chi connectivity index (χ4n) is 12.0. The zero-order valence-corrected chi connectivity index (χ0v) is 51.6. The summed E-state index contributed by atoms with van der Waals surface area (Å²) in [6.07, 6.45) is 0. The normalized spacial score (nSPS) is 13.8. The van der Waals surface area contributed by atoms with Crippen molar-refractivity contribution < 1.29 is 0 Å². The molecule has 3 N–H and O–H groups in total. The van der Waals surface area contributed by atoms with Gasteiger partial charge in [0.1, 0.15) is 0 Å². The van der Waals surface area contributed by atoms with Crippen LogP contribution in [0.5, 0.6) is 0 Å². The van der Waals surface area contributed by atoms with Gasteiger partial charge in [-0.2, -0.15) is 0 Å². The van der Waals surface area contributed by atoms with Gasteiger partial charge < -0.3 is 15.0 Å². The molecule has 0 atom stereocenters. The van der Waals surface area contributed by atoms with Gasteiger partial charge in [-0.05, 0) is 175 Å². The number of thiophene rings is 3. The lowest BCUT2D eigenvalue weighted by Crippen LogP contribution is -2.11. The number of nitrogens with one attached hydrogen (secondary N) is 3. The number of aromatic nitrogens is 3. The van der Waals surface area contributed by atoms with Gasteiger partial charge in [0.2, 0.25) is 0 Å². The van der Waals surface area contributed by atoms with Crippen LogP contribution in [0.1, 0.15) is 158 Å². The first kappa shape index (κ1) is 51.3. The van der Waals surface area contributed by atoms with Crippen molar-refractivity contribution in [1.82, 2.24) is 15.0 Å². The van der Waals surface area contributed by atoms with Crippen molar-refractivity contribution in [3.63, 3.8) is 0 Å². The fourth-order valence-corrected chi connectivity index (χ4v) is 15.1. The zero-order chi connectivity index (χ0) is 55.3. The lowest BCUT2D eigenvalue weighted by atomic mass is 9.84. The lowest BCUT2D eigenvalue weighted by Gasteiger charge is -2.20. The first-order valence-corrected chi connectivity index (χ1v) is 30.6. The molecule has 0 radical (unpaired) electrons. The third kappa shape index (κ3) is 8.20. The Hall–Kier alpha value is -6.18. The maximum atomic E-state index is 4.18. The Bertz CT molecular complexity index is 4050. The molecule has 0 fully saturated rings. The van der Waals surface area contributed by atoms with E-state index in [0.717, 1.165) is 0 Å². The standard InChI is InChI=1S/C72H75N3S3/c1-67(2,3)37-25-43-44-26-38(68(4,5)6)32-50-57-21-22-58(77-57)52-34-41(71(13,14)15)29-47-48-30-42(72(16,17)18)36-54(66(48)75-65(47)52)60-24-23-59(78-60)53-35-40(70(10,11)12)28-46-45-27-39(69(7,8)9)33-51(63(45)74-64(46)53)56-20-19-55(76-56)49(31-37)61(43)73-62(44)50/h19-36,73-75H,1-18H3. The molecule has 78 heavy (non-hydrogen) atoms. The smallest absolute Gasteiger partial charge is 0.0553 e. The number of aromatic amines is 3. The molecule has 0 aliphatic heterocycles. The first-order valence-electron chi connectivity index (χ1n) is 28.1. The maximum absolute atomic E-state index is 4.18. The Morgan fingerprint density at radius 2 is 0.333 bits per heavy atom. The Morgan fingerprint density at radius 3 is 0.462 bits per heavy atom. The second-order valence-corrected chi connectivity index (χ2v) is 32.3. The minimum atomic E-state index is -0.0731. The van der Waals surface area contributed by atoms with Crippen LogP contribution in [-0.4, -0.2) is 15.0 Å². The van der Waals surface area contributed by atoms with Crippen LogP contribution in [0.4, 0.5) is 0 Å². The largest absolute Gasteiger partial charge is 0.353 e. The molecule has 0 saturated heterocycles. The Balaban J connectivity index is 1.30. The van der Waals surface area contributed by atoms with Crippen LogP contribution in [-0.2, 0) is 32.5 Å². The van der Waals surface area contributed by atoms with Gasteiger partial charge in [-0.15, -0.1) is 34.0 Å². The molecule has 7 heterocycles. The van der Waals surface area contributed by atoms with E-state index >= 15 is 0 Å². The summed E-state index contributed by atoms with van der Waals surface area (Å²) in [5, 5.41) is 15.3. The second kappa shape index (κ2) is 16.7. The molecule has 13 aromatic rings. The van der Waals surface area contributed by atoms with Crippen LogP contribution < -0.4 is 0 Å². The number of benzene rings is 6. The monoisotopic (exact) mass is 1080 g/mol. The van der Waals surface area contributed by atoms with Crippen molar-refractivity contribution in [2.75, 3.05) is 0 Å². The Labute approximate surface area is 471 Å². The minimum Gasteiger partial charge on any atom is -0.353 e. The van der Waals surface area contributed by atoms with Crippen molar-refractivity contribution in [1.29, 1.82) is 0 Å². The van der Waals surface area contributed by atoms with E-state index in [4.69, 9.17) is 0 Å². The van der Waals surface area contributed by atoms with Gasteiger partial charge in [-0.1, -0.05) is 125 Å². The van der Waals surface area contributed by atoms with E-state index in [2.05, 4.69) is 249 Å². The van der Waals surface area contributed by atoms with Gasteiger partial charge in [0.25, 0.3) is 0 Å². The number of H-pyrrole nitrogens is 3. The molecule has 7 aromatic heterocycles. The van der Waals surface area contributed by atoms with E-state index < -0.39 is 0 Å². The van der Waals surface area contributed by atoms with Crippen LogP contribution in [0.3, 0.4) is 0 Å². The van der Waals surface area contributed by atoms with Gasteiger partial charge in [-0.25, -0.2) is 0 Å². The molecule has 0 spiro atoms.